The number of carbonyl (C=O) groups is 1. The Morgan fingerprint density at radius 3 is 2.68 bits per heavy atom. The minimum atomic E-state index is -4.70. The number of likely N-dealkylation sites (tertiary alicyclic amines) is 1. The lowest BCUT2D eigenvalue weighted by Gasteiger charge is -2.26. The van der Waals surface area contributed by atoms with Crippen molar-refractivity contribution in [1.29, 1.82) is 0 Å². The molecule has 2 amide bonds. The van der Waals surface area contributed by atoms with Crippen LogP contribution >= 0.6 is 11.8 Å². The van der Waals surface area contributed by atoms with Gasteiger partial charge in [-0.25, -0.2) is 4.79 Å². The summed E-state index contributed by atoms with van der Waals surface area (Å²) in [6.07, 6.45) is -2.47. The fraction of sp³-hybridized carbons (Fsp3) is 0.909. The van der Waals surface area contributed by atoms with E-state index < -0.39 is 30.8 Å². The van der Waals surface area contributed by atoms with E-state index in [-0.39, 0.29) is 12.6 Å². The number of aliphatic hydroxyl groups is 1. The van der Waals surface area contributed by atoms with Crippen molar-refractivity contribution in [2.24, 2.45) is 0 Å². The van der Waals surface area contributed by atoms with Crippen molar-refractivity contribution in [3.8, 4) is 0 Å². The van der Waals surface area contributed by atoms with Crippen LogP contribution in [0.4, 0.5) is 18.0 Å². The molecule has 0 aromatic carbocycles. The lowest BCUT2D eigenvalue weighted by atomic mass is 10.0. The Hall–Kier alpha value is -0.630. The number of thioether (sulfide) groups is 1. The number of halogens is 3. The number of alkyl halides is 3. The summed E-state index contributed by atoms with van der Waals surface area (Å²) in [5.41, 5.74) is -2.77. The Morgan fingerprint density at radius 1 is 1.58 bits per heavy atom. The van der Waals surface area contributed by atoms with Gasteiger partial charge in [0.05, 0.1) is 6.54 Å². The van der Waals surface area contributed by atoms with E-state index in [9.17, 15) is 23.1 Å². The number of nitrogens with one attached hydrogen (secondary N) is 1. The molecule has 1 aliphatic rings. The van der Waals surface area contributed by atoms with E-state index in [0.29, 0.717) is 0 Å². The van der Waals surface area contributed by atoms with Crippen LogP contribution in [0.1, 0.15) is 19.8 Å². The number of hydrogen-bond donors (Lipinski definition) is 2. The first-order valence-corrected chi connectivity index (χ1v) is 7.42. The molecule has 1 heterocycles. The van der Waals surface area contributed by atoms with Gasteiger partial charge in [0, 0.05) is 19.0 Å². The van der Waals surface area contributed by atoms with Gasteiger partial charge in [-0.1, -0.05) is 0 Å². The Labute approximate surface area is 114 Å². The molecule has 1 saturated heterocycles. The van der Waals surface area contributed by atoms with Gasteiger partial charge in [-0.05, 0) is 25.4 Å². The van der Waals surface area contributed by atoms with Gasteiger partial charge in [0.25, 0.3) is 0 Å². The second-order valence-electron chi connectivity index (χ2n) is 4.83. The monoisotopic (exact) mass is 300 g/mol. The van der Waals surface area contributed by atoms with Crippen molar-refractivity contribution in [2.75, 3.05) is 25.1 Å². The minimum Gasteiger partial charge on any atom is -0.379 e. The van der Waals surface area contributed by atoms with Crippen LogP contribution in [0.2, 0.25) is 0 Å². The van der Waals surface area contributed by atoms with E-state index in [4.69, 9.17) is 0 Å². The maximum absolute atomic E-state index is 12.6. The summed E-state index contributed by atoms with van der Waals surface area (Å²) < 4.78 is 37.8. The van der Waals surface area contributed by atoms with Gasteiger partial charge >= 0.3 is 12.2 Å². The van der Waals surface area contributed by atoms with Gasteiger partial charge in [0.1, 0.15) is 0 Å². The normalized spacial score (nSPS) is 25.5. The summed E-state index contributed by atoms with van der Waals surface area (Å²) in [4.78, 5) is 12.8. The third-order valence-electron chi connectivity index (χ3n) is 3.19. The number of carbonyl (C=O) groups excluding carboxylic acids is 1. The first-order valence-electron chi connectivity index (χ1n) is 6.03. The second-order valence-corrected chi connectivity index (χ2v) is 5.82. The van der Waals surface area contributed by atoms with Crippen molar-refractivity contribution in [2.45, 2.75) is 37.6 Å². The second kappa shape index (κ2) is 6.21. The minimum absolute atomic E-state index is 0.0862. The number of rotatable bonds is 4. The summed E-state index contributed by atoms with van der Waals surface area (Å²) in [5.74, 6) is 0.869. The highest BCUT2D eigenvalue weighted by molar-refractivity contribution is 7.98. The fourth-order valence-corrected chi connectivity index (χ4v) is 2.46. The lowest BCUT2D eigenvalue weighted by Crippen LogP contribution is -2.50. The summed E-state index contributed by atoms with van der Waals surface area (Å²) in [6.45, 7) is 1.02. The van der Waals surface area contributed by atoms with E-state index in [1.165, 1.54) is 0 Å². The van der Waals surface area contributed by atoms with Crippen LogP contribution < -0.4 is 5.32 Å². The van der Waals surface area contributed by atoms with Crippen molar-refractivity contribution in [3.63, 3.8) is 0 Å². The fourth-order valence-electron chi connectivity index (χ4n) is 1.87. The van der Waals surface area contributed by atoms with Crippen LogP contribution in [0, 0.1) is 0 Å². The molecule has 0 aliphatic carbocycles. The topological polar surface area (TPSA) is 52.6 Å². The van der Waals surface area contributed by atoms with Gasteiger partial charge in [-0.15, -0.1) is 0 Å². The van der Waals surface area contributed by atoms with E-state index in [2.05, 4.69) is 5.32 Å². The Bertz CT molecular complexity index is 328. The largest absolute Gasteiger partial charge is 0.419 e. The molecule has 0 spiro atoms. The van der Waals surface area contributed by atoms with Gasteiger partial charge in [-0.3, -0.25) is 0 Å². The summed E-state index contributed by atoms with van der Waals surface area (Å²) in [5, 5.41) is 12.1. The molecule has 0 bridgehead atoms. The number of β-amino-alcohol motifs (C(OH)–C–C–N with tert-alkyl or cyclic N) is 1. The molecule has 1 rings (SSSR count). The lowest BCUT2D eigenvalue weighted by molar-refractivity contribution is -0.253. The molecular weight excluding hydrogens is 281 g/mol. The molecule has 0 aromatic rings. The van der Waals surface area contributed by atoms with Gasteiger partial charge in [-0.2, -0.15) is 24.9 Å². The van der Waals surface area contributed by atoms with Crippen molar-refractivity contribution >= 4 is 17.8 Å². The molecule has 112 valence electrons. The average molecular weight is 300 g/mol. The van der Waals surface area contributed by atoms with Crippen LogP contribution in [-0.2, 0) is 0 Å². The predicted molar refractivity (Wildman–Crippen MR) is 68.2 cm³/mol. The SMILES string of the molecule is CSCC[C@H](C)NC(=O)N1CC[C@](O)(C(F)(F)F)C1. The Kier molecular flexibility index (Phi) is 5.37. The maximum Gasteiger partial charge on any atom is 0.419 e. The maximum atomic E-state index is 12.6. The molecule has 8 heteroatoms. The van der Waals surface area contributed by atoms with E-state index in [1.807, 2.05) is 6.26 Å². The number of nitrogens with zero attached hydrogens (tertiary/aromatic N) is 1. The highest BCUT2D eigenvalue weighted by atomic mass is 32.2. The summed E-state index contributed by atoms with van der Waals surface area (Å²) >= 11 is 1.64. The third-order valence-corrected chi connectivity index (χ3v) is 3.83. The predicted octanol–water partition coefficient (Wildman–Crippen LogP) is 1.84. The molecule has 1 fully saturated rings. The van der Waals surface area contributed by atoms with Crippen molar-refractivity contribution in [1.82, 2.24) is 10.2 Å². The molecule has 19 heavy (non-hydrogen) atoms. The molecular formula is C11H19F3N2O2S. The number of urea groups is 1. The smallest absolute Gasteiger partial charge is 0.379 e. The first-order chi connectivity index (χ1) is 8.69. The molecule has 2 N–H and O–H groups in total. The zero-order valence-corrected chi connectivity index (χ0v) is 11.8. The van der Waals surface area contributed by atoms with Crippen LogP contribution in [0.3, 0.4) is 0 Å². The Balaban J connectivity index is 2.48. The molecule has 0 radical (unpaired) electrons. The highest BCUT2D eigenvalue weighted by Gasteiger charge is 2.57. The van der Waals surface area contributed by atoms with Crippen LogP contribution in [-0.4, -0.2) is 59.0 Å². The van der Waals surface area contributed by atoms with Crippen molar-refractivity contribution < 1.29 is 23.1 Å². The molecule has 0 unspecified atom stereocenters. The van der Waals surface area contributed by atoms with Crippen LogP contribution in [0.5, 0.6) is 0 Å². The molecule has 2 atom stereocenters. The van der Waals surface area contributed by atoms with Crippen molar-refractivity contribution in [3.05, 3.63) is 0 Å². The Morgan fingerprint density at radius 2 is 2.21 bits per heavy atom. The molecule has 0 aromatic heterocycles. The number of amides is 2. The zero-order chi connectivity index (χ0) is 14.7. The highest BCUT2D eigenvalue weighted by Crippen LogP contribution is 2.37. The molecule has 4 nitrogen and oxygen atoms in total. The zero-order valence-electron chi connectivity index (χ0n) is 11.0. The summed E-state index contributed by atoms with van der Waals surface area (Å²) in [7, 11) is 0. The van der Waals surface area contributed by atoms with Gasteiger partial charge < -0.3 is 15.3 Å². The van der Waals surface area contributed by atoms with Crippen LogP contribution in [0.25, 0.3) is 0 Å². The quantitative estimate of drug-likeness (QED) is 0.833. The van der Waals surface area contributed by atoms with E-state index >= 15 is 0 Å². The molecule has 1 aliphatic heterocycles. The van der Waals surface area contributed by atoms with Crippen LogP contribution in [0.15, 0.2) is 0 Å². The summed E-state index contributed by atoms with van der Waals surface area (Å²) in [6, 6.07) is -0.645. The molecule has 0 saturated carbocycles. The number of hydrogen-bond acceptors (Lipinski definition) is 3. The van der Waals surface area contributed by atoms with Gasteiger partial charge in [0.2, 0.25) is 0 Å². The first kappa shape index (κ1) is 16.4. The van der Waals surface area contributed by atoms with E-state index in [1.54, 1.807) is 18.7 Å². The standard InChI is InChI=1S/C11H19F3N2O2S/c1-8(3-6-19-2)15-9(17)16-5-4-10(18,7-16)11(12,13)14/h8,18H,3-7H2,1-2H3,(H,15,17)/t8-,10+/m0/s1. The van der Waals surface area contributed by atoms with E-state index in [0.717, 1.165) is 17.1 Å². The van der Waals surface area contributed by atoms with Gasteiger partial charge in [0.15, 0.2) is 5.60 Å². The third kappa shape index (κ3) is 4.17. The average Bonchev–Trinajstić information content (AvgIpc) is 2.70.